The number of piperidine rings is 1. The van der Waals surface area contributed by atoms with Crippen LogP contribution in [0.3, 0.4) is 0 Å². The summed E-state index contributed by atoms with van der Waals surface area (Å²) in [4.78, 5) is 26.9. The predicted molar refractivity (Wildman–Crippen MR) is 145 cm³/mol. The molecule has 2 atom stereocenters. The number of anilines is 3. The van der Waals surface area contributed by atoms with Crippen LogP contribution in [0.25, 0.3) is 11.3 Å². The monoisotopic (exact) mass is 542 g/mol. The van der Waals surface area contributed by atoms with E-state index in [0.717, 1.165) is 24.0 Å². The van der Waals surface area contributed by atoms with Crippen molar-refractivity contribution in [3.63, 3.8) is 0 Å². The van der Waals surface area contributed by atoms with Crippen LogP contribution in [0.2, 0.25) is 15.1 Å². The molecule has 3 aromatic rings. The Kier molecular flexibility index (Phi) is 6.20. The average molecular weight is 544 g/mol. The average Bonchev–Trinajstić information content (AvgIpc) is 3.05. The van der Waals surface area contributed by atoms with Crippen molar-refractivity contribution in [2.24, 2.45) is 0 Å². The lowest BCUT2D eigenvalue weighted by Crippen LogP contribution is -2.45. The summed E-state index contributed by atoms with van der Waals surface area (Å²) in [6.45, 7) is 0.256. The molecule has 0 spiro atoms. The first-order valence-electron chi connectivity index (χ1n) is 12.1. The number of benzene rings is 2. The number of urea groups is 1. The second kappa shape index (κ2) is 9.38. The van der Waals surface area contributed by atoms with Crippen molar-refractivity contribution in [3.05, 3.63) is 63.1 Å². The molecule has 2 N–H and O–H groups in total. The van der Waals surface area contributed by atoms with Crippen LogP contribution < -0.4 is 15.5 Å². The van der Waals surface area contributed by atoms with Gasteiger partial charge in [-0.15, -0.1) is 0 Å². The molecule has 4 heterocycles. The lowest BCUT2D eigenvalue weighted by atomic mass is 9.98. The summed E-state index contributed by atoms with van der Waals surface area (Å²) >= 11 is 19.7. The van der Waals surface area contributed by atoms with E-state index in [1.807, 2.05) is 24.3 Å². The van der Waals surface area contributed by atoms with E-state index < -0.39 is 0 Å². The van der Waals surface area contributed by atoms with Crippen molar-refractivity contribution >= 4 is 58.3 Å². The van der Waals surface area contributed by atoms with Crippen LogP contribution in [0.1, 0.15) is 31.2 Å². The molecule has 36 heavy (non-hydrogen) atoms. The molecule has 2 unspecified atom stereocenters. The smallest absolute Gasteiger partial charge is 0.328 e. The van der Waals surface area contributed by atoms with E-state index >= 15 is 0 Å². The number of rotatable bonds is 4. The van der Waals surface area contributed by atoms with Crippen LogP contribution in [0, 0.1) is 0 Å². The minimum Gasteiger partial charge on any atom is -0.351 e. The van der Waals surface area contributed by atoms with Gasteiger partial charge in [-0.1, -0.05) is 59.1 Å². The van der Waals surface area contributed by atoms with Crippen LogP contribution >= 0.6 is 34.8 Å². The fraction of sp³-hybridized carbons (Fsp3) is 0.346. The van der Waals surface area contributed by atoms with Gasteiger partial charge in [-0.05, 0) is 50.9 Å². The maximum atomic E-state index is 13.2. The van der Waals surface area contributed by atoms with E-state index in [4.69, 9.17) is 44.8 Å². The fourth-order valence-corrected chi connectivity index (χ4v) is 6.51. The van der Waals surface area contributed by atoms with E-state index in [0.29, 0.717) is 50.3 Å². The molecule has 2 fully saturated rings. The molecule has 186 valence electrons. The third kappa shape index (κ3) is 4.08. The number of nitrogens with one attached hydrogen (secondary N) is 2. The Morgan fingerprint density at radius 1 is 0.944 bits per heavy atom. The van der Waals surface area contributed by atoms with Gasteiger partial charge in [-0.2, -0.15) is 4.98 Å². The molecular formula is C26H25Cl3N6O. The number of nitrogens with zero attached hydrogens (tertiary/aromatic N) is 4. The Labute approximate surface area is 224 Å². The highest BCUT2D eigenvalue weighted by molar-refractivity contribution is 6.40. The lowest BCUT2D eigenvalue weighted by Gasteiger charge is -2.37. The molecule has 7 nitrogen and oxygen atoms in total. The summed E-state index contributed by atoms with van der Waals surface area (Å²) in [5, 5.41) is 7.77. The van der Waals surface area contributed by atoms with Crippen LogP contribution in [0.5, 0.6) is 0 Å². The minimum absolute atomic E-state index is 0.241. The summed E-state index contributed by atoms with van der Waals surface area (Å²) in [7, 11) is 2.22. The molecule has 2 aromatic carbocycles. The van der Waals surface area contributed by atoms with Gasteiger partial charge in [0.05, 0.1) is 28.0 Å². The van der Waals surface area contributed by atoms with Gasteiger partial charge < -0.3 is 15.5 Å². The van der Waals surface area contributed by atoms with Crippen LogP contribution in [-0.2, 0) is 6.54 Å². The van der Waals surface area contributed by atoms with E-state index in [2.05, 4.69) is 22.6 Å². The highest BCUT2D eigenvalue weighted by atomic mass is 35.5. The molecule has 0 aliphatic carbocycles. The maximum Gasteiger partial charge on any atom is 0.328 e. The third-order valence-corrected chi connectivity index (χ3v) is 8.48. The van der Waals surface area contributed by atoms with Gasteiger partial charge in [0.25, 0.3) is 0 Å². The Morgan fingerprint density at radius 2 is 1.61 bits per heavy atom. The Balaban J connectivity index is 1.49. The third-order valence-electron chi connectivity index (χ3n) is 7.54. The number of aromatic nitrogens is 2. The van der Waals surface area contributed by atoms with E-state index in [-0.39, 0.29) is 18.6 Å². The van der Waals surface area contributed by atoms with Crippen LogP contribution in [0.4, 0.5) is 22.2 Å². The first kappa shape index (κ1) is 23.8. The van der Waals surface area contributed by atoms with Gasteiger partial charge in [0.15, 0.2) is 5.82 Å². The molecule has 0 radical (unpaired) electrons. The lowest BCUT2D eigenvalue weighted by molar-refractivity contribution is 0.168. The van der Waals surface area contributed by atoms with E-state index in [1.165, 1.54) is 17.7 Å². The van der Waals surface area contributed by atoms with Crippen molar-refractivity contribution < 1.29 is 4.79 Å². The molecule has 2 bridgehead atoms. The molecule has 2 amide bonds. The number of para-hydroxylation sites is 1. The number of hydrogen-bond donors (Lipinski definition) is 2. The standard InChI is InChI=1S/C26H25Cl3N6O/c1-34-15-9-10-16(34)12-14(11-15)31-25-32-22(17-5-2-3-6-19(17)27)18-13-30-26(36)35(24(18)33-25)23-20(28)7-4-8-21(23)29/h2-8,14-16H,9-13H2,1H3,(H,30,36)(H,31,32,33). The zero-order valence-electron chi connectivity index (χ0n) is 19.6. The molecule has 10 heteroatoms. The largest absolute Gasteiger partial charge is 0.351 e. The number of carbonyl (C=O) groups is 1. The highest BCUT2D eigenvalue weighted by Gasteiger charge is 2.39. The number of carbonyl (C=O) groups excluding carboxylic acids is 1. The number of fused-ring (bicyclic) bond motifs is 3. The first-order valence-corrected chi connectivity index (χ1v) is 13.2. The zero-order valence-corrected chi connectivity index (χ0v) is 21.9. The summed E-state index contributed by atoms with van der Waals surface area (Å²) < 4.78 is 0. The fourth-order valence-electron chi connectivity index (χ4n) is 5.72. The van der Waals surface area contributed by atoms with Gasteiger partial charge >= 0.3 is 6.03 Å². The SMILES string of the molecule is CN1C2CCC1CC(Nc1nc(-c3ccccc3Cl)c3c(n1)N(c1c(Cl)cccc1Cl)C(=O)NC3)C2. The molecule has 1 aromatic heterocycles. The first-order chi connectivity index (χ1) is 17.4. The van der Waals surface area contributed by atoms with Gasteiger partial charge in [0.2, 0.25) is 5.95 Å². The minimum atomic E-state index is -0.357. The molecule has 6 rings (SSSR count). The van der Waals surface area contributed by atoms with Gasteiger partial charge in [0, 0.05) is 34.3 Å². The molecule has 3 aliphatic heterocycles. The van der Waals surface area contributed by atoms with Crippen LogP contribution in [-0.4, -0.2) is 46.1 Å². The number of hydrogen-bond acceptors (Lipinski definition) is 5. The Bertz CT molecular complexity index is 1320. The summed E-state index contributed by atoms with van der Waals surface area (Å²) in [5.41, 5.74) is 2.56. The second-order valence-corrected chi connectivity index (χ2v) is 10.8. The summed E-state index contributed by atoms with van der Waals surface area (Å²) in [5.74, 6) is 0.901. The summed E-state index contributed by atoms with van der Waals surface area (Å²) in [6, 6.07) is 13.7. The normalized spacial score (nSPS) is 23.4. The van der Waals surface area contributed by atoms with Gasteiger partial charge in [-0.3, -0.25) is 0 Å². The van der Waals surface area contributed by atoms with Crippen molar-refractivity contribution in [2.45, 2.75) is 50.4 Å². The molecular weight excluding hydrogens is 519 g/mol. The quantitative estimate of drug-likeness (QED) is 0.393. The Morgan fingerprint density at radius 3 is 2.31 bits per heavy atom. The van der Waals surface area contributed by atoms with E-state index in [9.17, 15) is 4.79 Å². The van der Waals surface area contributed by atoms with Crippen molar-refractivity contribution in [1.82, 2.24) is 20.2 Å². The number of amides is 2. The molecule has 0 saturated carbocycles. The van der Waals surface area contributed by atoms with Gasteiger partial charge in [-0.25, -0.2) is 14.7 Å². The topological polar surface area (TPSA) is 73.4 Å². The maximum absolute atomic E-state index is 13.2. The zero-order chi connectivity index (χ0) is 25.0. The second-order valence-electron chi connectivity index (χ2n) is 9.61. The van der Waals surface area contributed by atoms with Crippen molar-refractivity contribution in [2.75, 3.05) is 17.3 Å². The van der Waals surface area contributed by atoms with Crippen molar-refractivity contribution in [3.8, 4) is 11.3 Å². The highest BCUT2D eigenvalue weighted by Crippen LogP contribution is 2.43. The number of halogens is 3. The summed E-state index contributed by atoms with van der Waals surface area (Å²) in [6.07, 6.45) is 4.48. The van der Waals surface area contributed by atoms with Gasteiger partial charge in [0.1, 0.15) is 0 Å². The van der Waals surface area contributed by atoms with E-state index in [1.54, 1.807) is 18.2 Å². The van der Waals surface area contributed by atoms with Crippen LogP contribution in [0.15, 0.2) is 42.5 Å². The molecule has 3 aliphatic rings. The Hall–Kier alpha value is -2.58. The molecule has 2 saturated heterocycles. The van der Waals surface area contributed by atoms with Crippen molar-refractivity contribution in [1.29, 1.82) is 0 Å². The predicted octanol–water partition coefficient (Wildman–Crippen LogP) is 6.50.